The summed E-state index contributed by atoms with van der Waals surface area (Å²) in [6.07, 6.45) is 3.46. The first kappa shape index (κ1) is 14.2. The van der Waals surface area contributed by atoms with Gasteiger partial charge in [0.2, 0.25) is 10.0 Å². The molecular weight excluding hydrogens is 286 g/mol. The quantitative estimate of drug-likeness (QED) is 0.538. The Hall–Kier alpha value is -2.20. The molecule has 2 heterocycles. The third kappa shape index (κ3) is 3.03. The lowest BCUT2D eigenvalue weighted by Gasteiger charge is -2.07. The smallest absolute Gasteiger partial charge is 0.325 e. The number of hydrogen-bond donors (Lipinski definition) is 4. The number of sulfonamides is 1. The molecule has 0 radical (unpaired) electrons. The highest BCUT2D eigenvalue weighted by molar-refractivity contribution is 7.89. The molecular formula is C10H13N5O4S. The first-order valence-corrected chi connectivity index (χ1v) is 7.18. The maximum Gasteiger partial charge on any atom is 0.325 e. The zero-order chi connectivity index (χ0) is 14.8. The van der Waals surface area contributed by atoms with Crippen LogP contribution in [0.1, 0.15) is 11.4 Å². The summed E-state index contributed by atoms with van der Waals surface area (Å²) in [6.45, 7) is 1.45. The number of rotatable bonds is 5. The summed E-state index contributed by atoms with van der Waals surface area (Å²) in [7, 11) is -3.99. The highest BCUT2D eigenvalue weighted by atomic mass is 32.2. The number of nitrogens with zero attached hydrogens (tertiary/aromatic N) is 1. The summed E-state index contributed by atoms with van der Waals surface area (Å²) < 4.78 is 26.4. The standard InChI is InChI=1S/C10H13N5O4S/c1-6-8(9(16)15-10(17)14-6)20(18,19)13-3-2-7-4-11-5-12-7/h4-5,13H,2-3H2,1H3,(H,11,12)(H2,14,15,16,17). The summed E-state index contributed by atoms with van der Waals surface area (Å²) in [5.74, 6) is 0. The van der Waals surface area contributed by atoms with Crippen LogP contribution in [0, 0.1) is 6.92 Å². The van der Waals surface area contributed by atoms with Gasteiger partial charge in [0.25, 0.3) is 5.56 Å². The maximum atomic E-state index is 12.0. The van der Waals surface area contributed by atoms with Gasteiger partial charge in [-0.05, 0) is 6.92 Å². The number of hydrogen-bond acceptors (Lipinski definition) is 5. The van der Waals surface area contributed by atoms with E-state index in [1.165, 1.54) is 13.3 Å². The molecule has 0 aliphatic rings. The van der Waals surface area contributed by atoms with E-state index in [1.54, 1.807) is 6.20 Å². The van der Waals surface area contributed by atoms with Crippen molar-refractivity contribution < 1.29 is 8.42 Å². The molecule has 0 amide bonds. The van der Waals surface area contributed by atoms with Gasteiger partial charge in [0.15, 0.2) is 4.90 Å². The van der Waals surface area contributed by atoms with E-state index in [4.69, 9.17) is 0 Å². The van der Waals surface area contributed by atoms with Gasteiger partial charge in [-0.25, -0.2) is 22.9 Å². The first-order valence-electron chi connectivity index (χ1n) is 5.70. The lowest BCUT2D eigenvalue weighted by Crippen LogP contribution is -2.35. The molecule has 108 valence electrons. The van der Waals surface area contributed by atoms with Gasteiger partial charge in [0.1, 0.15) is 0 Å². The van der Waals surface area contributed by atoms with Crippen LogP contribution in [-0.2, 0) is 16.4 Å². The van der Waals surface area contributed by atoms with E-state index in [2.05, 4.69) is 19.7 Å². The first-order chi connectivity index (χ1) is 9.40. The summed E-state index contributed by atoms with van der Waals surface area (Å²) in [6, 6.07) is 0. The molecule has 0 saturated heterocycles. The van der Waals surface area contributed by atoms with E-state index in [-0.39, 0.29) is 12.2 Å². The van der Waals surface area contributed by atoms with Crippen molar-refractivity contribution in [2.24, 2.45) is 0 Å². The van der Waals surface area contributed by atoms with Gasteiger partial charge in [-0.2, -0.15) is 0 Å². The molecule has 20 heavy (non-hydrogen) atoms. The van der Waals surface area contributed by atoms with Crippen LogP contribution in [0.25, 0.3) is 0 Å². The molecule has 0 saturated carbocycles. The summed E-state index contributed by atoms with van der Waals surface area (Å²) in [5, 5.41) is 0. The minimum atomic E-state index is -3.99. The van der Waals surface area contributed by atoms with Crippen molar-refractivity contribution in [3.05, 3.63) is 44.8 Å². The summed E-state index contributed by atoms with van der Waals surface area (Å²) in [4.78, 5) is 32.9. The van der Waals surface area contributed by atoms with Crippen LogP contribution in [-0.4, -0.2) is 34.9 Å². The zero-order valence-electron chi connectivity index (χ0n) is 10.6. The van der Waals surface area contributed by atoms with Crippen molar-refractivity contribution in [1.29, 1.82) is 0 Å². The Morgan fingerprint density at radius 3 is 2.65 bits per heavy atom. The lowest BCUT2D eigenvalue weighted by atomic mass is 10.3. The number of nitrogens with one attached hydrogen (secondary N) is 4. The Labute approximate surface area is 113 Å². The second-order valence-corrected chi connectivity index (χ2v) is 5.79. The van der Waals surface area contributed by atoms with Gasteiger partial charge in [-0.1, -0.05) is 0 Å². The van der Waals surface area contributed by atoms with Gasteiger partial charge in [-0.15, -0.1) is 0 Å². The fraction of sp³-hybridized carbons (Fsp3) is 0.300. The van der Waals surface area contributed by atoms with E-state index >= 15 is 0 Å². The van der Waals surface area contributed by atoms with Crippen molar-refractivity contribution in [1.82, 2.24) is 24.7 Å². The molecule has 9 nitrogen and oxygen atoms in total. The molecule has 0 fully saturated rings. The Morgan fingerprint density at radius 2 is 2.05 bits per heavy atom. The van der Waals surface area contributed by atoms with E-state index in [0.717, 1.165) is 5.69 Å². The Bertz CT molecular complexity index is 803. The fourth-order valence-corrected chi connectivity index (χ4v) is 2.99. The van der Waals surface area contributed by atoms with Crippen LogP contribution in [0.3, 0.4) is 0 Å². The normalized spacial score (nSPS) is 11.7. The third-order valence-corrected chi connectivity index (χ3v) is 4.20. The molecule has 2 aromatic rings. The lowest BCUT2D eigenvalue weighted by molar-refractivity contribution is 0.578. The van der Waals surface area contributed by atoms with Crippen molar-refractivity contribution in [3.63, 3.8) is 0 Å². The van der Waals surface area contributed by atoms with Gasteiger partial charge >= 0.3 is 5.69 Å². The van der Waals surface area contributed by atoms with Gasteiger partial charge in [0, 0.05) is 30.6 Å². The molecule has 0 aliphatic heterocycles. The van der Waals surface area contributed by atoms with Crippen LogP contribution in [0.2, 0.25) is 0 Å². The molecule has 2 aromatic heterocycles. The third-order valence-electron chi connectivity index (χ3n) is 2.58. The average molecular weight is 299 g/mol. The van der Waals surface area contributed by atoms with E-state index < -0.39 is 26.2 Å². The topological polar surface area (TPSA) is 141 Å². The Kier molecular flexibility index (Phi) is 3.86. The minimum absolute atomic E-state index is 0.00668. The van der Waals surface area contributed by atoms with E-state index in [9.17, 15) is 18.0 Å². The molecule has 0 aromatic carbocycles. The second kappa shape index (κ2) is 5.43. The van der Waals surface area contributed by atoms with Crippen LogP contribution >= 0.6 is 0 Å². The largest absolute Gasteiger partial charge is 0.348 e. The van der Waals surface area contributed by atoms with Gasteiger partial charge in [-0.3, -0.25) is 9.78 Å². The van der Waals surface area contributed by atoms with E-state index in [0.29, 0.717) is 6.42 Å². The van der Waals surface area contributed by atoms with Gasteiger partial charge in [0.05, 0.1) is 6.33 Å². The number of H-pyrrole nitrogens is 3. The monoisotopic (exact) mass is 299 g/mol. The predicted octanol–water partition coefficient (Wildman–Crippen LogP) is -1.38. The second-order valence-electron chi connectivity index (χ2n) is 4.09. The van der Waals surface area contributed by atoms with Crippen molar-refractivity contribution >= 4 is 10.0 Å². The average Bonchev–Trinajstić information content (AvgIpc) is 2.79. The minimum Gasteiger partial charge on any atom is -0.348 e. The number of imidazole rings is 1. The molecule has 0 atom stereocenters. The van der Waals surface area contributed by atoms with E-state index in [1.807, 2.05) is 4.98 Å². The predicted molar refractivity (Wildman–Crippen MR) is 69.9 cm³/mol. The molecule has 0 unspecified atom stereocenters. The molecule has 0 aliphatic carbocycles. The number of aromatic amines is 3. The molecule has 4 N–H and O–H groups in total. The number of aryl methyl sites for hydroxylation is 1. The van der Waals surface area contributed by atoms with Crippen LogP contribution < -0.4 is 16.0 Å². The highest BCUT2D eigenvalue weighted by Gasteiger charge is 2.21. The molecule has 2 rings (SSSR count). The van der Waals surface area contributed by atoms with Crippen molar-refractivity contribution in [3.8, 4) is 0 Å². The summed E-state index contributed by atoms with van der Waals surface area (Å²) >= 11 is 0. The molecule has 10 heteroatoms. The fourth-order valence-electron chi connectivity index (χ4n) is 1.73. The number of aromatic nitrogens is 4. The molecule has 0 bridgehead atoms. The Morgan fingerprint density at radius 1 is 1.30 bits per heavy atom. The highest BCUT2D eigenvalue weighted by Crippen LogP contribution is 2.04. The van der Waals surface area contributed by atoms with Crippen LogP contribution in [0.5, 0.6) is 0 Å². The maximum absolute atomic E-state index is 12.0. The zero-order valence-corrected chi connectivity index (χ0v) is 11.4. The SMILES string of the molecule is Cc1[nH]c(=O)[nH]c(=O)c1S(=O)(=O)NCCc1cnc[nH]1. The van der Waals surface area contributed by atoms with Crippen LogP contribution in [0.15, 0.2) is 27.0 Å². The molecule has 0 spiro atoms. The van der Waals surface area contributed by atoms with Crippen molar-refractivity contribution in [2.45, 2.75) is 18.2 Å². The van der Waals surface area contributed by atoms with Crippen LogP contribution in [0.4, 0.5) is 0 Å². The van der Waals surface area contributed by atoms with Gasteiger partial charge < -0.3 is 9.97 Å². The van der Waals surface area contributed by atoms with Crippen molar-refractivity contribution in [2.75, 3.05) is 6.54 Å². The Balaban J connectivity index is 2.19. The summed E-state index contributed by atoms with van der Waals surface area (Å²) in [5.41, 5.74) is -0.934.